The van der Waals surface area contributed by atoms with Gasteiger partial charge in [-0.1, -0.05) is 18.9 Å². The molecule has 1 aromatic heterocycles. The van der Waals surface area contributed by atoms with Gasteiger partial charge in [0.2, 0.25) is 0 Å². The Morgan fingerprint density at radius 2 is 2.24 bits per heavy atom. The Morgan fingerprint density at radius 1 is 1.47 bits per heavy atom. The van der Waals surface area contributed by atoms with Crippen molar-refractivity contribution >= 4 is 0 Å². The van der Waals surface area contributed by atoms with Crippen LogP contribution >= 0.6 is 0 Å². The number of hydrogen-bond acceptors (Lipinski definition) is 2. The van der Waals surface area contributed by atoms with E-state index >= 15 is 0 Å². The lowest BCUT2D eigenvalue weighted by molar-refractivity contribution is 0.517. The quantitative estimate of drug-likeness (QED) is 0.554. The van der Waals surface area contributed by atoms with Gasteiger partial charge in [0, 0.05) is 12.6 Å². The van der Waals surface area contributed by atoms with E-state index in [0.717, 1.165) is 25.1 Å². The summed E-state index contributed by atoms with van der Waals surface area (Å²) in [5, 5.41) is 4.43. The molecule has 2 N–H and O–H groups in total. The second-order valence-electron chi connectivity index (χ2n) is 4.56. The van der Waals surface area contributed by atoms with E-state index in [1.165, 1.54) is 25.0 Å². The molecule has 0 spiro atoms. The zero-order valence-corrected chi connectivity index (χ0v) is 11.2. The van der Waals surface area contributed by atoms with Crippen LogP contribution in [0.2, 0.25) is 0 Å². The summed E-state index contributed by atoms with van der Waals surface area (Å²) in [6, 6.07) is 2.23. The third-order valence-electron chi connectivity index (χ3n) is 3.04. The van der Waals surface area contributed by atoms with Crippen LogP contribution < -0.4 is 5.73 Å². The standard InChI is InChI=1S/C14H25N3/c1-4-6-7-8-9-10-13(15)14-11-12(3)16-17(14)5-2/h4,11,13H,1,5-10,15H2,2-3H3. The summed E-state index contributed by atoms with van der Waals surface area (Å²) in [7, 11) is 0. The van der Waals surface area contributed by atoms with Gasteiger partial charge in [-0.25, -0.2) is 0 Å². The Morgan fingerprint density at radius 3 is 2.88 bits per heavy atom. The first-order chi connectivity index (χ1) is 8.19. The molecule has 17 heavy (non-hydrogen) atoms. The fourth-order valence-electron chi connectivity index (χ4n) is 2.09. The van der Waals surface area contributed by atoms with Crippen LogP contribution in [0.15, 0.2) is 18.7 Å². The Hall–Kier alpha value is -1.09. The summed E-state index contributed by atoms with van der Waals surface area (Å²) in [5.74, 6) is 0. The molecule has 1 atom stereocenters. The summed E-state index contributed by atoms with van der Waals surface area (Å²) in [4.78, 5) is 0. The molecule has 0 fully saturated rings. The highest BCUT2D eigenvalue weighted by atomic mass is 15.3. The van der Waals surface area contributed by atoms with Crippen molar-refractivity contribution in [2.45, 2.75) is 58.5 Å². The number of aromatic nitrogens is 2. The first-order valence-electron chi connectivity index (χ1n) is 6.59. The van der Waals surface area contributed by atoms with Crippen LogP contribution in [0.1, 0.15) is 56.5 Å². The summed E-state index contributed by atoms with van der Waals surface area (Å²) >= 11 is 0. The molecule has 1 rings (SSSR count). The lowest BCUT2D eigenvalue weighted by Gasteiger charge is -2.12. The fourth-order valence-corrected chi connectivity index (χ4v) is 2.09. The summed E-state index contributed by atoms with van der Waals surface area (Å²) in [5.41, 5.74) is 8.45. The largest absolute Gasteiger partial charge is 0.323 e. The van der Waals surface area contributed by atoms with Crippen molar-refractivity contribution in [3.05, 3.63) is 30.1 Å². The number of hydrogen-bond donors (Lipinski definition) is 1. The number of nitrogens with zero attached hydrogens (tertiary/aromatic N) is 2. The van der Waals surface area contributed by atoms with Crippen molar-refractivity contribution < 1.29 is 0 Å². The second-order valence-corrected chi connectivity index (χ2v) is 4.56. The lowest BCUT2D eigenvalue weighted by Crippen LogP contribution is -2.15. The van der Waals surface area contributed by atoms with Crippen LogP contribution in [0.25, 0.3) is 0 Å². The summed E-state index contributed by atoms with van der Waals surface area (Å²) < 4.78 is 2.02. The van der Waals surface area contributed by atoms with Gasteiger partial charge in [0.15, 0.2) is 0 Å². The van der Waals surface area contributed by atoms with E-state index < -0.39 is 0 Å². The monoisotopic (exact) mass is 235 g/mol. The van der Waals surface area contributed by atoms with Crippen molar-refractivity contribution in [3.8, 4) is 0 Å². The van der Waals surface area contributed by atoms with Gasteiger partial charge in [0.25, 0.3) is 0 Å². The first kappa shape index (κ1) is 14.0. The van der Waals surface area contributed by atoms with Gasteiger partial charge in [-0.15, -0.1) is 6.58 Å². The smallest absolute Gasteiger partial charge is 0.0597 e. The molecule has 0 aliphatic rings. The van der Waals surface area contributed by atoms with E-state index in [0.29, 0.717) is 0 Å². The number of rotatable bonds is 8. The third-order valence-corrected chi connectivity index (χ3v) is 3.04. The highest BCUT2D eigenvalue weighted by Crippen LogP contribution is 2.18. The molecule has 0 radical (unpaired) electrons. The Kier molecular flexibility index (Phi) is 5.98. The molecular formula is C14H25N3. The van der Waals surface area contributed by atoms with E-state index in [2.05, 4.69) is 24.7 Å². The van der Waals surface area contributed by atoms with Gasteiger partial charge in [-0.3, -0.25) is 4.68 Å². The van der Waals surface area contributed by atoms with Crippen LogP contribution in [0.5, 0.6) is 0 Å². The second kappa shape index (κ2) is 7.28. The van der Waals surface area contributed by atoms with Gasteiger partial charge in [0.1, 0.15) is 0 Å². The molecular weight excluding hydrogens is 210 g/mol. The van der Waals surface area contributed by atoms with E-state index in [1.807, 2.05) is 17.7 Å². The molecule has 1 unspecified atom stereocenters. The maximum absolute atomic E-state index is 6.22. The predicted octanol–water partition coefficient (Wildman–Crippen LogP) is 3.35. The minimum atomic E-state index is 0.125. The molecule has 3 nitrogen and oxygen atoms in total. The van der Waals surface area contributed by atoms with Crippen LogP contribution in [-0.4, -0.2) is 9.78 Å². The third kappa shape index (κ3) is 4.35. The highest BCUT2D eigenvalue weighted by molar-refractivity contribution is 5.12. The van der Waals surface area contributed by atoms with Crippen molar-refractivity contribution in [1.29, 1.82) is 0 Å². The average molecular weight is 235 g/mol. The Bertz CT molecular complexity index is 341. The van der Waals surface area contributed by atoms with Crippen molar-refractivity contribution in [2.75, 3.05) is 0 Å². The topological polar surface area (TPSA) is 43.8 Å². The van der Waals surface area contributed by atoms with Crippen LogP contribution in [0.4, 0.5) is 0 Å². The minimum absolute atomic E-state index is 0.125. The molecule has 96 valence electrons. The van der Waals surface area contributed by atoms with Crippen molar-refractivity contribution in [1.82, 2.24) is 9.78 Å². The number of nitrogens with two attached hydrogens (primary N) is 1. The number of unbranched alkanes of at least 4 members (excludes halogenated alkanes) is 3. The molecule has 0 aromatic carbocycles. The SMILES string of the molecule is C=CCCCCCC(N)c1cc(C)nn1CC. The molecule has 0 aliphatic carbocycles. The zero-order valence-electron chi connectivity index (χ0n) is 11.2. The van der Waals surface area contributed by atoms with E-state index in [1.54, 1.807) is 0 Å². The maximum Gasteiger partial charge on any atom is 0.0597 e. The molecule has 3 heteroatoms. The van der Waals surface area contributed by atoms with E-state index in [4.69, 9.17) is 5.73 Å². The molecule has 0 saturated heterocycles. The molecule has 1 heterocycles. The van der Waals surface area contributed by atoms with E-state index in [-0.39, 0.29) is 6.04 Å². The van der Waals surface area contributed by atoms with Crippen molar-refractivity contribution in [2.24, 2.45) is 5.73 Å². The highest BCUT2D eigenvalue weighted by Gasteiger charge is 2.12. The predicted molar refractivity (Wildman–Crippen MR) is 72.8 cm³/mol. The molecule has 1 aromatic rings. The molecule has 0 bridgehead atoms. The van der Waals surface area contributed by atoms with Crippen molar-refractivity contribution in [3.63, 3.8) is 0 Å². The molecule has 0 saturated carbocycles. The Labute approximate surface area is 105 Å². The maximum atomic E-state index is 6.22. The van der Waals surface area contributed by atoms with Gasteiger partial charge in [-0.2, -0.15) is 5.10 Å². The minimum Gasteiger partial charge on any atom is -0.323 e. The number of allylic oxidation sites excluding steroid dienone is 1. The number of aryl methyl sites for hydroxylation is 2. The Balaban J connectivity index is 2.40. The zero-order chi connectivity index (χ0) is 12.7. The van der Waals surface area contributed by atoms with Gasteiger partial charge >= 0.3 is 0 Å². The molecule has 0 amide bonds. The lowest BCUT2D eigenvalue weighted by atomic mass is 10.0. The normalized spacial score (nSPS) is 12.6. The van der Waals surface area contributed by atoms with Gasteiger partial charge in [0.05, 0.1) is 11.4 Å². The van der Waals surface area contributed by atoms with Crippen LogP contribution in [0, 0.1) is 6.92 Å². The van der Waals surface area contributed by atoms with Gasteiger partial charge in [-0.05, 0) is 39.2 Å². The average Bonchev–Trinajstić information content (AvgIpc) is 2.70. The summed E-state index contributed by atoms with van der Waals surface area (Å²) in [6.45, 7) is 8.75. The van der Waals surface area contributed by atoms with Crippen LogP contribution in [0.3, 0.4) is 0 Å². The fraction of sp³-hybridized carbons (Fsp3) is 0.643. The van der Waals surface area contributed by atoms with E-state index in [9.17, 15) is 0 Å². The molecule has 0 aliphatic heterocycles. The summed E-state index contributed by atoms with van der Waals surface area (Å²) in [6.07, 6.45) is 7.78. The first-order valence-corrected chi connectivity index (χ1v) is 6.59. The van der Waals surface area contributed by atoms with Crippen LogP contribution in [-0.2, 0) is 6.54 Å². The van der Waals surface area contributed by atoms with Gasteiger partial charge < -0.3 is 5.73 Å².